The van der Waals surface area contributed by atoms with Crippen LogP contribution in [-0.4, -0.2) is 74.7 Å². The van der Waals surface area contributed by atoms with Crippen molar-refractivity contribution in [3.8, 4) is 0 Å². The van der Waals surface area contributed by atoms with E-state index in [9.17, 15) is 9.59 Å². The number of nitrogens with zero attached hydrogens (tertiary/aromatic N) is 2. The Hall–Kier alpha value is -2.12. The van der Waals surface area contributed by atoms with Gasteiger partial charge in [-0.3, -0.25) is 4.79 Å². The van der Waals surface area contributed by atoms with E-state index in [1.807, 2.05) is 21.0 Å². The number of hydrogen-bond donors (Lipinski definition) is 2. The molecule has 1 saturated heterocycles. The van der Waals surface area contributed by atoms with E-state index in [0.29, 0.717) is 37.6 Å². The molecule has 2 rings (SSSR count). The van der Waals surface area contributed by atoms with Crippen LogP contribution in [0, 0.1) is 0 Å². The highest BCUT2D eigenvalue weighted by Gasteiger charge is 2.18. The second kappa shape index (κ2) is 9.39. The Labute approximate surface area is 149 Å². The molecular formula is C18H28N4O3. The average Bonchev–Trinajstić information content (AvgIpc) is 2.60. The fourth-order valence-electron chi connectivity index (χ4n) is 2.59. The maximum absolute atomic E-state index is 12.5. The molecule has 2 N–H and O–H groups in total. The van der Waals surface area contributed by atoms with Gasteiger partial charge in [0.15, 0.2) is 0 Å². The molecule has 0 aromatic heterocycles. The van der Waals surface area contributed by atoms with Gasteiger partial charge in [0.05, 0.1) is 13.2 Å². The summed E-state index contributed by atoms with van der Waals surface area (Å²) in [6.45, 7) is 5.21. The summed E-state index contributed by atoms with van der Waals surface area (Å²) in [7, 11) is 4.01. The summed E-state index contributed by atoms with van der Waals surface area (Å²) >= 11 is 0. The fraction of sp³-hybridized carbons (Fsp3) is 0.556. The van der Waals surface area contributed by atoms with E-state index >= 15 is 0 Å². The van der Waals surface area contributed by atoms with Crippen LogP contribution in [0.15, 0.2) is 24.3 Å². The minimum absolute atomic E-state index is 0.0355. The Balaban J connectivity index is 1.89. The number of urea groups is 1. The summed E-state index contributed by atoms with van der Waals surface area (Å²) in [6, 6.07) is 6.84. The smallest absolute Gasteiger partial charge is 0.319 e. The van der Waals surface area contributed by atoms with Gasteiger partial charge in [-0.25, -0.2) is 4.79 Å². The number of rotatable bonds is 6. The third-order valence-electron chi connectivity index (χ3n) is 4.05. The van der Waals surface area contributed by atoms with Crippen LogP contribution in [0.3, 0.4) is 0 Å². The van der Waals surface area contributed by atoms with E-state index in [1.54, 1.807) is 29.2 Å². The minimum Gasteiger partial charge on any atom is -0.378 e. The van der Waals surface area contributed by atoms with Gasteiger partial charge in [-0.15, -0.1) is 0 Å². The zero-order valence-corrected chi connectivity index (χ0v) is 15.2. The lowest BCUT2D eigenvalue weighted by Gasteiger charge is -2.27. The summed E-state index contributed by atoms with van der Waals surface area (Å²) in [5.41, 5.74) is 1.18. The topological polar surface area (TPSA) is 73.9 Å². The maximum Gasteiger partial charge on any atom is 0.319 e. The summed E-state index contributed by atoms with van der Waals surface area (Å²) in [4.78, 5) is 28.5. The van der Waals surface area contributed by atoms with E-state index in [0.717, 1.165) is 13.0 Å². The highest BCUT2D eigenvalue weighted by Crippen LogP contribution is 2.14. The Morgan fingerprint density at radius 2 is 2.00 bits per heavy atom. The SMILES string of the molecule is C[C@H](CCN(C)C)NC(=O)Nc1cccc(C(=O)N2CCOCC2)c1. The van der Waals surface area contributed by atoms with E-state index in [2.05, 4.69) is 15.5 Å². The largest absolute Gasteiger partial charge is 0.378 e. The average molecular weight is 348 g/mol. The number of morpholine rings is 1. The number of anilines is 1. The van der Waals surface area contributed by atoms with Gasteiger partial charge in [0, 0.05) is 30.4 Å². The molecule has 0 unspecified atom stereocenters. The molecular weight excluding hydrogens is 320 g/mol. The zero-order chi connectivity index (χ0) is 18.2. The fourth-order valence-corrected chi connectivity index (χ4v) is 2.59. The molecule has 0 spiro atoms. The number of amides is 3. The quantitative estimate of drug-likeness (QED) is 0.819. The summed E-state index contributed by atoms with van der Waals surface area (Å²) < 4.78 is 5.27. The first-order valence-electron chi connectivity index (χ1n) is 8.65. The summed E-state index contributed by atoms with van der Waals surface area (Å²) in [5.74, 6) is -0.0355. The Bertz CT molecular complexity index is 585. The number of ether oxygens (including phenoxy) is 1. The van der Waals surface area contributed by atoms with Gasteiger partial charge in [0.25, 0.3) is 5.91 Å². The molecule has 7 nitrogen and oxygen atoms in total. The lowest BCUT2D eigenvalue weighted by atomic mass is 10.1. The van der Waals surface area contributed by atoms with Crippen LogP contribution in [0.2, 0.25) is 0 Å². The zero-order valence-electron chi connectivity index (χ0n) is 15.2. The van der Waals surface area contributed by atoms with Crippen LogP contribution in [0.4, 0.5) is 10.5 Å². The molecule has 1 aliphatic heterocycles. The molecule has 1 fully saturated rings. The van der Waals surface area contributed by atoms with Gasteiger partial charge in [-0.1, -0.05) is 6.07 Å². The first kappa shape index (κ1) is 19.2. The first-order valence-corrected chi connectivity index (χ1v) is 8.65. The Kier molecular flexibility index (Phi) is 7.21. The van der Waals surface area contributed by atoms with Gasteiger partial charge in [-0.05, 0) is 52.2 Å². The number of carbonyl (C=O) groups is 2. The van der Waals surface area contributed by atoms with Crippen molar-refractivity contribution in [3.63, 3.8) is 0 Å². The second-order valence-electron chi connectivity index (χ2n) is 6.58. The van der Waals surface area contributed by atoms with Crippen LogP contribution in [-0.2, 0) is 4.74 Å². The maximum atomic E-state index is 12.5. The molecule has 138 valence electrons. The van der Waals surface area contributed by atoms with Crippen molar-refractivity contribution in [1.29, 1.82) is 0 Å². The molecule has 1 atom stereocenters. The standard InChI is InChI=1S/C18H28N4O3/c1-14(7-8-21(2)3)19-18(24)20-16-6-4-5-15(13-16)17(23)22-9-11-25-12-10-22/h4-6,13-14H,7-12H2,1-3H3,(H2,19,20,24)/t14-/m1/s1. The second-order valence-corrected chi connectivity index (χ2v) is 6.58. The molecule has 0 bridgehead atoms. The monoisotopic (exact) mass is 348 g/mol. The van der Waals surface area contributed by atoms with Gasteiger partial charge >= 0.3 is 6.03 Å². The molecule has 3 amide bonds. The lowest BCUT2D eigenvalue weighted by Crippen LogP contribution is -2.40. The van der Waals surface area contributed by atoms with Crippen molar-refractivity contribution in [3.05, 3.63) is 29.8 Å². The van der Waals surface area contributed by atoms with Crippen molar-refractivity contribution in [2.75, 3.05) is 52.3 Å². The Morgan fingerprint density at radius 3 is 2.68 bits per heavy atom. The molecule has 1 aromatic carbocycles. The van der Waals surface area contributed by atoms with E-state index in [-0.39, 0.29) is 18.0 Å². The van der Waals surface area contributed by atoms with E-state index < -0.39 is 0 Å². The number of benzene rings is 1. The van der Waals surface area contributed by atoms with Crippen LogP contribution in [0.1, 0.15) is 23.7 Å². The van der Waals surface area contributed by atoms with Crippen LogP contribution in [0.5, 0.6) is 0 Å². The number of carbonyl (C=O) groups excluding carboxylic acids is 2. The molecule has 0 saturated carbocycles. The third kappa shape index (κ3) is 6.36. The Morgan fingerprint density at radius 1 is 1.28 bits per heavy atom. The molecule has 0 aliphatic carbocycles. The van der Waals surface area contributed by atoms with Crippen LogP contribution in [0.25, 0.3) is 0 Å². The van der Waals surface area contributed by atoms with Gasteiger partial charge in [0.1, 0.15) is 0 Å². The number of nitrogens with one attached hydrogen (secondary N) is 2. The van der Waals surface area contributed by atoms with Crippen LogP contribution >= 0.6 is 0 Å². The first-order chi connectivity index (χ1) is 12.0. The minimum atomic E-state index is -0.262. The van der Waals surface area contributed by atoms with Gasteiger partial charge in [0.2, 0.25) is 0 Å². The number of hydrogen-bond acceptors (Lipinski definition) is 4. The molecule has 25 heavy (non-hydrogen) atoms. The predicted octanol–water partition coefficient (Wildman–Crippen LogP) is 1.62. The van der Waals surface area contributed by atoms with Gasteiger partial charge < -0.3 is 25.2 Å². The van der Waals surface area contributed by atoms with Crippen molar-refractivity contribution in [2.24, 2.45) is 0 Å². The summed E-state index contributed by atoms with van der Waals surface area (Å²) in [6.07, 6.45) is 0.871. The third-order valence-corrected chi connectivity index (χ3v) is 4.05. The highest BCUT2D eigenvalue weighted by molar-refractivity contribution is 5.97. The van der Waals surface area contributed by atoms with Crippen molar-refractivity contribution in [1.82, 2.24) is 15.1 Å². The van der Waals surface area contributed by atoms with Crippen molar-refractivity contribution in [2.45, 2.75) is 19.4 Å². The van der Waals surface area contributed by atoms with Crippen molar-refractivity contribution < 1.29 is 14.3 Å². The highest BCUT2D eigenvalue weighted by atomic mass is 16.5. The molecule has 7 heteroatoms. The predicted molar refractivity (Wildman–Crippen MR) is 98.0 cm³/mol. The van der Waals surface area contributed by atoms with E-state index in [1.165, 1.54) is 0 Å². The van der Waals surface area contributed by atoms with Crippen molar-refractivity contribution >= 4 is 17.6 Å². The summed E-state index contributed by atoms with van der Waals surface area (Å²) in [5, 5.41) is 5.71. The normalized spacial score (nSPS) is 15.8. The van der Waals surface area contributed by atoms with Gasteiger partial charge in [-0.2, -0.15) is 0 Å². The molecule has 1 heterocycles. The molecule has 1 aliphatic rings. The lowest BCUT2D eigenvalue weighted by molar-refractivity contribution is 0.0303. The molecule has 0 radical (unpaired) electrons. The van der Waals surface area contributed by atoms with E-state index in [4.69, 9.17) is 4.74 Å². The van der Waals surface area contributed by atoms with Crippen LogP contribution < -0.4 is 10.6 Å². The molecule has 1 aromatic rings.